The quantitative estimate of drug-likeness (QED) is 0.788. The Balaban J connectivity index is 1.84. The van der Waals surface area contributed by atoms with E-state index in [1.165, 1.54) is 5.01 Å². The van der Waals surface area contributed by atoms with Crippen LogP contribution in [0.5, 0.6) is 0 Å². The summed E-state index contributed by atoms with van der Waals surface area (Å²) < 4.78 is 1.76. The van der Waals surface area contributed by atoms with Crippen LogP contribution in [-0.4, -0.2) is 25.9 Å². The summed E-state index contributed by atoms with van der Waals surface area (Å²) >= 11 is 1.65. The van der Waals surface area contributed by atoms with Gasteiger partial charge in [-0.05, 0) is 25.7 Å². The zero-order chi connectivity index (χ0) is 10.3. The van der Waals surface area contributed by atoms with Crippen LogP contribution in [0.1, 0.15) is 36.6 Å². The Kier molecular flexibility index (Phi) is 2.17. The largest absolute Gasteiger partial charge is 0.328 e. The first-order chi connectivity index (χ1) is 7.33. The van der Waals surface area contributed by atoms with Crippen molar-refractivity contribution in [3.63, 3.8) is 0 Å². The van der Waals surface area contributed by atoms with Crippen molar-refractivity contribution in [3.8, 4) is 0 Å². The Bertz CT molecular complexity index is 425. The molecular weight excluding hydrogens is 210 g/mol. The summed E-state index contributed by atoms with van der Waals surface area (Å²) in [5.41, 5.74) is 5.89. The van der Waals surface area contributed by atoms with Crippen molar-refractivity contribution in [2.24, 2.45) is 5.73 Å². The first-order valence-electron chi connectivity index (χ1n) is 5.25. The van der Waals surface area contributed by atoms with Gasteiger partial charge in [-0.3, -0.25) is 0 Å². The summed E-state index contributed by atoms with van der Waals surface area (Å²) in [6, 6.07) is 0.395. The smallest absolute Gasteiger partial charge is 0.234 e. The molecule has 2 N–H and O–H groups in total. The van der Waals surface area contributed by atoms with Gasteiger partial charge in [0.25, 0.3) is 0 Å². The Labute approximate surface area is 91.3 Å². The van der Waals surface area contributed by atoms with E-state index < -0.39 is 0 Å². The Morgan fingerprint density at radius 1 is 1.33 bits per heavy atom. The van der Waals surface area contributed by atoms with Gasteiger partial charge >= 0.3 is 0 Å². The molecule has 0 bridgehead atoms. The molecule has 5 nitrogen and oxygen atoms in total. The third kappa shape index (κ3) is 1.63. The maximum Gasteiger partial charge on any atom is 0.234 e. The lowest BCUT2D eigenvalue weighted by Gasteiger charge is -2.23. The van der Waals surface area contributed by atoms with E-state index in [-0.39, 0.29) is 0 Å². The van der Waals surface area contributed by atoms with Crippen molar-refractivity contribution in [3.05, 3.63) is 11.3 Å². The lowest BCUT2D eigenvalue weighted by Crippen LogP contribution is -2.25. The standard InChI is InChI=1S/C9H13N5S/c10-7-3-1-6(2-4-7)8-13-14-5-11-12-9(14)15-8/h5-7H,1-4,10H2. The molecule has 1 aliphatic carbocycles. The predicted octanol–water partition coefficient (Wildman–Crippen LogP) is 1.17. The molecule has 1 fully saturated rings. The average molecular weight is 223 g/mol. The van der Waals surface area contributed by atoms with Crippen LogP contribution in [0.25, 0.3) is 4.96 Å². The summed E-state index contributed by atoms with van der Waals surface area (Å²) in [6.45, 7) is 0. The van der Waals surface area contributed by atoms with Crippen LogP contribution in [0.4, 0.5) is 0 Å². The molecule has 80 valence electrons. The predicted molar refractivity (Wildman–Crippen MR) is 57.8 cm³/mol. The van der Waals surface area contributed by atoms with E-state index in [0.29, 0.717) is 12.0 Å². The molecule has 0 saturated heterocycles. The fourth-order valence-corrected chi connectivity index (χ4v) is 3.09. The van der Waals surface area contributed by atoms with E-state index in [2.05, 4.69) is 15.3 Å². The van der Waals surface area contributed by atoms with Gasteiger partial charge in [0.1, 0.15) is 11.3 Å². The molecule has 3 rings (SSSR count). The number of nitrogens with zero attached hydrogens (tertiary/aromatic N) is 4. The summed E-state index contributed by atoms with van der Waals surface area (Å²) in [5, 5.41) is 13.5. The molecule has 1 aliphatic rings. The van der Waals surface area contributed by atoms with E-state index in [9.17, 15) is 0 Å². The summed E-state index contributed by atoms with van der Waals surface area (Å²) in [7, 11) is 0. The number of nitrogens with two attached hydrogens (primary N) is 1. The lowest BCUT2D eigenvalue weighted by molar-refractivity contribution is 0.393. The highest BCUT2D eigenvalue weighted by Crippen LogP contribution is 2.34. The Morgan fingerprint density at radius 2 is 2.13 bits per heavy atom. The number of fused-ring (bicyclic) bond motifs is 1. The van der Waals surface area contributed by atoms with Gasteiger partial charge in [0, 0.05) is 12.0 Å². The summed E-state index contributed by atoms with van der Waals surface area (Å²) in [5.74, 6) is 0.580. The van der Waals surface area contributed by atoms with Crippen LogP contribution >= 0.6 is 11.3 Å². The van der Waals surface area contributed by atoms with Crippen LogP contribution in [0.2, 0.25) is 0 Å². The molecule has 1 saturated carbocycles. The van der Waals surface area contributed by atoms with Crippen LogP contribution < -0.4 is 5.73 Å². The minimum absolute atomic E-state index is 0.395. The molecule has 0 aromatic carbocycles. The number of hydrogen-bond donors (Lipinski definition) is 1. The highest BCUT2D eigenvalue weighted by molar-refractivity contribution is 7.16. The van der Waals surface area contributed by atoms with E-state index in [0.717, 1.165) is 30.6 Å². The minimum Gasteiger partial charge on any atom is -0.328 e. The van der Waals surface area contributed by atoms with Gasteiger partial charge in [-0.25, -0.2) is 0 Å². The van der Waals surface area contributed by atoms with Gasteiger partial charge in [-0.2, -0.15) is 9.61 Å². The molecule has 15 heavy (non-hydrogen) atoms. The second kappa shape index (κ2) is 3.53. The van der Waals surface area contributed by atoms with Gasteiger partial charge in [0.05, 0.1) is 0 Å². The highest BCUT2D eigenvalue weighted by atomic mass is 32.1. The van der Waals surface area contributed by atoms with Crippen LogP contribution in [0.3, 0.4) is 0 Å². The average Bonchev–Trinajstić information content (AvgIpc) is 2.78. The zero-order valence-corrected chi connectivity index (χ0v) is 9.15. The SMILES string of the molecule is NC1CCC(c2nn3cnnc3s2)CC1. The second-order valence-electron chi connectivity index (χ2n) is 4.11. The van der Waals surface area contributed by atoms with Crippen LogP contribution in [-0.2, 0) is 0 Å². The van der Waals surface area contributed by atoms with E-state index in [1.54, 1.807) is 22.2 Å². The second-order valence-corrected chi connectivity index (χ2v) is 5.10. The highest BCUT2D eigenvalue weighted by Gasteiger charge is 2.23. The van der Waals surface area contributed by atoms with Crippen LogP contribution in [0.15, 0.2) is 6.33 Å². The third-order valence-corrected chi connectivity index (χ3v) is 4.10. The number of rotatable bonds is 1. The van der Waals surface area contributed by atoms with Gasteiger partial charge in [-0.1, -0.05) is 11.3 Å². The monoisotopic (exact) mass is 223 g/mol. The van der Waals surface area contributed by atoms with Crippen molar-refractivity contribution in [2.75, 3.05) is 0 Å². The molecule has 2 heterocycles. The fourth-order valence-electron chi connectivity index (χ4n) is 2.11. The molecule has 0 aliphatic heterocycles. The molecule has 0 atom stereocenters. The minimum atomic E-state index is 0.395. The molecular formula is C9H13N5S. The van der Waals surface area contributed by atoms with Gasteiger partial charge < -0.3 is 5.73 Å². The van der Waals surface area contributed by atoms with Gasteiger partial charge in [0.2, 0.25) is 4.96 Å². The van der Waals surface area contributed by atoms with Crippen molar-refractivity contribution < 1.29 is 0 Å². The van der Waals surface area contributed by atoms with Crippen molar-refractivity contribution in [1.82, 2.24) is 19.8 Å². The van der Waals surface area contributed by atoms with E-state index >= 15 is 0 Å². The number of hydrogen-bond acceptors (Lipinski definition) is 5. The van der Waals surface area contributed by atoms with E-state index in [1.807, 2.05) is 0 Å². The van der Waals surface area contributed by atoms with Crippen molar-refractivity contribution in [1.29, 1.82) is 0 Å². The lowest BCUT2D eigenvalue weighted by atomic mass is 9.87. The zero-order valence-electron chi connectivity index (χ0n) is 8.33. The van der Waals surface area contributed by atoms with Crippen molar-refractivity contribution >= 4 is 16.3 Å². The topological polar surface area (TPSA) is 69.1 Å². The molecule has 0 radical (unpaired) electrons. The van der Waals surface area contributed by atoms with Gasteiger partial charge in [0.15, 0.2) is 0 Å². The molecule has 0 amide bonds. The Hall–Kier alpha value is -1.01. The molecule has 0 unspecified atom stereocenters. The maximum absolute atomic E-state index is 5.89. The first-order valence-corrected chi connectivity index (χ1v) is 6.07. The fraction of sp³-hybridized carbons (Fsp3) is 0.667. The van der Waals surface area contributed by atoms with Crippen LogP contribution in [0, 0.1) is 0 Å². The third-order valence-electron chi connectivity index (χ3n) is 3.02. The normalized spacial score (nSPS) is 27.3. The maximum atomic E-state index is 5.89. The molecule has 0 spiro atoms. The van der Waals surface area contributed by atoms with Crippen molar-refractivity contribution in [2.45, 2.75) is 37.6 Å². The molecule has 2 aromatic rings. The summed E-state index contributed by atoms with van der Waals surface area (Å²) in [4.78, 5) is 0.889. The van der Waals surface area contributed by atoms with E-state index in [4.69, 9.17) is 5.73 Å². The first kappa shape index (κ1) is 9.23. The van der Waals surface area contributed by atoms with Gasteiger partial charge in [-0.15, -0.1) is 10.2 Å². The molecule has 6 heteroatoms. The Morgan fingerprint density at radius 3 is 2.87 bits per heavy atom. The number of aromatic nitrogens is 4. The molecule has 2 aromatic heterocycles. The summed E-state index contributed by atoms with van der Waals surface area (Å²) in [6.07, 6.45) is 6.20.